The fraction of sp³-hybridized carbons (Fsp3) is 0.500. The van der Waals surface area contributed by atoms with Crippen LogP contribution in [0.5, 0.6) is 0 Å². The van der Waals surface area contributed by atoms with E-state index in [0.29, 0.717) is 17.9 Å². The molecule has 5 heterocycles. The maximum absolute atomic E-state index is 13.1. The van der Waals surface area contributed by atoms with Gasteiger partial charge < -0.3 is 10.6 Å². The number of carbonyl (C=O) groups is 1. The van der Waals surface area contributed by atoms with Gasteiger partial charge >= 0.3 is 0 Å². The van der Waals surface area contributed by atoms with Crippen molar-refractivity contribution in [3.05, 3.63) is 54.7 Å². The van der Waals surface area contributed by atoms with E-state index in [1.54, 1.807) is 0 Å². The Morgan fingerprint density at radius 2 is 2.21 bits per heavy atom. The number of rotatable bonds is 5. The molecule has 4 aliphatic rings. The molecule has 4 aliphatic heterocycles. The summed E-state index contributed by atoms with van der Waals surface area (Å²) in [6.45, 7) is 7.15. The minimum Gasteiger partial charge on any atom is -0.346 e. The highest BCUT2D eigenvalue weighted by molar-refractivity contribution is 5.85. The molecule has 1 aromatic heterocycles. The molecule has 1 aromatic carbocycles. The number of fused-ring (bicyclic) bond motifs is 4. The first-order chi connectivity index (χ1) is 14.2. The predicted octanol–water partition coefficient (Wildman–Crippen LogP) is 3.04. The van der Waals surface area contributed by atoms with Crippen LogP contribution in [0.2, 0.25) is 0 Å². The van der Waals surface area contributed by atoms with Gasteiger partial charge in [0.25, 0.3) is 0 Å². The summed E-state index contributed by atoms with van der Waals surface area (Å²) in [4.78, 5) is 20.2. The number of hydrogen-bond donors (Lipinski definition) is 2. The summed E-state index contributed by atoms with van der Waals surface area (Å²) in [5.41, 5.74) is 2.18. The number of para-hydroxylation sites is 1. The van der Waals surface area contributed by atoms with Gasteiger partial charge in [0.05, 0.1) is 17.6 Å². The molecular formula is C24H30N4O. The van der Waals surface area contributed by atoms with Crippen LogP contribution in [0.15, 0.2) is 49.2 Å². The minimum absolute atomic E-state index is 0.0219. The lowest BCUT2D eigenvalue weighted by Gasteiger charge is -2.51. The molecule has 0 spiro atoms. The van der Waals surface area contributed by atoms with E-state index in [-0.39, 0.29) is 18.0 Å². The first kappa shape index (κ1) is 18.8. The maximum Gasteiger partial charge on any atom is 0.237 e. The van der Waals surface area contributed by atoms with Gasteiger partial charge in [0.2, 0.25) is 5.91 Å². The summed E-state index contributed by atoms with van der Waals surface area (Å²) in [5.74, 6) is 1.37. The van der Waals surface area contributed by atoms with Crippen LogP contribution in [0.3, 0.4) is 0 Å². The third-order valence-electron chi connectivity index (χ3n) is 7.23. The van der Waals surface area contributed by atoms with Crippen molar-refractivity contribution in [3.63, 3.8) is 0 Å². The number of hydrogen-bond acceptors (Lipinski definition) is 4. The van der Waals surface area contributed by atoms with E-state index in [0.717, 1.165) is 49.8 Å². The molecule has 0 aliphatic carbocycles. The van der Waals surface area contributed by atoms with Gasteiger partial charge in [-0.05, 0) is 68.3 Å². The summed E-state index contributed by atoms with van der Waals surface area (Å²) in [5, 5.41) is 7.95. The van der Waals surface area contributed by atoms with Gasteiger partial charge in [-0.3, -0.25) is 14.7 Å². The zero-order valence-electron chi connectivity index (χ0n) is 16.9. The number of pyridine rings is 1. The summed E-state index contributed by atoms with van der Waals surface area (Å²) in [6.07, 6.45) is 8.34. The molecular weight excluding hydrogens is 360 g/mol. The Bertz CT molecular complexity index is 901. The molecule has 29 heavy (non-hydrogen) atoms. The van der Waals surface area contributed by atoms with E-state index in [1.165, 1.54) is 12.0 Å². The molecule has 5 heteroatoms. The first-order valence-electron chi connectivity index (χ1n) is 11.0. The lowest BCUT2D eigenvalue weighted by atomic mass is 9.73. The second-order valence-electron chi connectivity index (χ2n) is 8.80. The molecule has 2 bridgehead atoms. The number of piperidine rings is 3. The second-order valence-corrected chi connectivity index (χ2v) is 8.80. The smallest absolute Gasteiger partial charge is 0.237 e. The Hall–Kier alpha value is -2.24. The zero-order valence-corrected chi connectivity index (χ0v) is 16.9. The van der Waals surface area contributed by atoms with Crippen LogP contribution in [0.4, 0.5) is 0 Å². The molecule has 5 nitrogen and oxygen atoms in total. The zero-order chi connectivity index (χ0) is 19.8. The van der Waals surface area contributed by atoms with Crippen LogP contribution in [0.1, 0.15) is 37.3 Å². The predicted molar refractivity (Wildman–Crippen MR) is 115 cm³/mol. The second kappa shape index (κ2) is 7.88. The number of nitrogens with zero attached hydrogens (tertiary/aromatic N) is 2. The van der Waals surface area contributed by atoms with Crippen molar-refractivity contribution < 1.29 is 4.79 Å². The maximum atomic E-state index is 13.1. The van der Waals surface area contributed by atoms with E-state index in [2.05, 4.69) is 57.4 Å². The van der Waals surface area contributed by atoms with Gasteiger partial charge in [0.15, 0.2) is 0 Å². The molecule has 6 atom stereocenters. The number of amides is 1. The average molecular weight is 391 g/mol. The van der Waals surface area contributed by atoms with Gasteiger partial charge in [-0.2, -0.15) is 0 Å². The summed E-state index contributed by atoms with van der Waals surface area (Å²) in [7, 11) is 0. The van der Waals surface area contributed by atoms with E-state index in [4.69, 9.17) is 0 Å². The largest absolute Gasteiger partial charge is 0.346 e. The van der Waals surface area contributed by atoms with E-state index >= 15 is 0 Å². The van der Waals surface area contributed by atoms with Gasteiger partial charge in [-0.25, -0.2) is 0 Å². The van der Waals surface area contributed by atoms with Crippen LogP contribution >= 0.6 is 0 Å². The topological polar surface area (TPSA) is 57.3 Å². The van der Waals surface area contributed by atoms with Crippen molar-refractivity contribution in [2.45, 2.75) is 43.8 Å². The van der Waals surface area contributed by atoms with Crippen LogP contribution in [-0.4, -0.2) is 47.5 Å². The van der Waals surface area contributed by atoms with Crippen molar-refractivity contribution in [3.8, 4) is 0 Å². The molecule has 4 fully saturated rings. The summed E-state index contributed by atoms with van der Waals surface area (Å²) >= 11 is 0. The van der Waals surface area contributed by atoms with E-state index in [1.807, 2.05) is 12.3 Å². The monoisotopic (exact) mass is 390 g/mol. The van der Waals surface area contributed by atoms with Crippen molar-refractivity contribution >= 4 is 16.8 Å². The Morgan fingerprint density at radius 1 is 1.31 bits per heavy atom. The number of aromatic nitrogens is 1. The van der Waals surface area contributed by atoms with Crippen LogP contribution in [-0.2, 0) is 4.79 Å². The van der Waals surface area contributed by atoms with E-state index in [9.17, 15) is 4.79 Å². The first-order valence-corrected chi connectivity index (χ1v) is 11.0. The standard InChI is InChI=1S/C24H30N4O/c1-2-16-15-28-13-10-17(16)14-22(28)23(27-24(29)21-8-5-11-25-21)19-9-12-26-20-7-4-3-6-18(19)20/h2-4,6-7,9,12,16-17,21-23,25H,1,5,8,10-11,13-15H2,(H,27,29). The highest BCUT2D eigenvalue weighted by Crippen LogP contribution is 2.42. The molecule has 6 unspecified atom stereocenters. The van der Waals surface area contributed by atoms with Crippen LogP contribution in [0.25, 0.3) is 10.9 Å². The van der Waals surface area contributed by atoms with Gasteiger partial charge in [0, 0.05) is 24.2 Å². The minimum atomic E-state index is -0.0673. The third kappa shape index (κ3) is 3.47. The molecule has 2 N–H and O–H groups in total. The Kier molecular flexibility index (Phi) is 5.10. The molecule has 4 saturated heterocycles. The quantitative estimate of drug-likeness (QED) is 0.771. The van der Waals surface area contributed by atoms with Gasteiger partial charge in [-0.1, -0.05) is 24.3 Å². The molecule has 6 rings (SSSR count). The molecule has 1 amide bonds. The average Bonchev–Trinajstić information content (AvgIpc) is 3.32. The lowest BCUT2D eigenvalue weighted by molar-refractivity contribution is -0.124. The fourth-order valence-electron chi connectivity index (χ4n) is 5.66. The van der Waals surface area contributed by atoms with Gasteiger partial charge in [0.1, 0.15) is 0 Å². The van der Waals surface area contributed by atoms with E-state index < -0.39 is 0 Å². The highest BCUT2D eigenvalue weighted by atomic mass is 16.2. The van der Waals surface area contributed by atoms with Crippen LogP contribution in [0, 0.1) is 11.8 Å². The number of carbonyl (C=O) groups excluding carboxylic acids is 1. The number of nitrogens with one attached hydrogen (secondary N) is 2. The fourth-order valence-corrected chi connectivity index (χ4v) is 5.66. The number of benzene rings is 1. The van der Waals surface area contributed by atoms with Crippen molar-refractivity contribution in [1.29, 1.82) is 0 Å². The Morgan fingerprint density at radius 3 is 2.97 bits per heavy atom. The summed E-state index contributed by atoms with van der Waals surface area (Å²) in [6, 6.07) is 10.6. The molecule has 0 saturated carbocycles. The normalized spacial score (nSPS) is 32.2. The van der Waals surface area contributed by atoms with Crippen LogP contribution < -0.4 is 10.6 Å². The third-order valence-corrected chi connectivity index (χ3v) is 7.23. The van der Waals surface area contributed by atoms with Crippen molar-refractivity contribution in [2.75, 3.05) is 19.6 Å². The Labute approximate surface area is 172 Å². The highest BCUT2D eigenvalue weighted by Gasteiger charge is 2.43. The molecule has 152 valence electrons. The lowest BCUT2D eigenvalue weighted by Crippen LogP contribution is -2.58. The van der Waals surface area contributed by atoms with Gasteiger partial charge in [-0.15, -0.1) is 6.58 Å². The molecule has 0 radical (unpaired) electrons. The van der Waals surface area contributed by atoms with Crippen molar-refractivity contribution in [1.82, 2.24) is 20.5 Å². The Balaban J connectivity index is 1.51. The summed E-state index contributed by atoms with van der Waals surface area (Å²) < 4.78 is 0. The molecule has 2 aromatic rings. The van der Waals surface area contributed by atoms with Crippen molar-refractivity contribution in [2.24, 2.45) is 11.8 Å². The SMILES string of the molecule is C=CC1CN2CCC1CC2C(NC(=O)C1CCCN1)c1ccnc2ccccc12.